The van der Waals surface area contributed by atoms with Gasteiger partial charge in [-0.15, -0.1) is 11.8 Å². The average Bonchev–Trinajstić information content (AvgIpc) is 2.56. The van der Waals surface area contributed by atoms with E-state index in [0.29, 0.717) is 11.6 Å². The second kappa shape index (κ2) is 7.70. The highest BCUT2D eigenvalue weighted by Crippen LogP contribution is 2.27. The van der Waals surface area contributed by atoms with Gasteiger partial charge in [0, 0.05) is 11.1 Å². The first-order valence-corrected chi connectivity index (χ1v) is 7.62. The summed E-state index contributed by atoms with van der Waals surface area (Å²) in [5.74, 6) is 1.63. The molecule has 1 N–H and O–H groups in total. The van der Waals surface area contributed by atoms with Crippen LogP contribution >= 0.6 is 11.8 Å². The lowest BCUT2D eigenvalue weighted by Gasteiger charge is -2.13. The van der Waals surface area contributed by atoms with Gasteiger partial charge in [0.2, 0.25) is 5.91 Å². The van der Waals surface area contributed by atoms with Gasteiger partial charge < -0.3 is 14.8 Å². The van der Waals surface area contributed by atoms with Crippen molar-refractivity contribution in [2.24, 2.45) is 0 Å². The van der Waals surface area contributed by atoms with E-state index in [4.69, 9.17) is 9.47 Å². The van der Waals surface area contributed by atoms with E-state index in [0.717, 1.165) is 10.6 Å². The van der Waals surface area contributed by atoms with Crippen LogP contribution in [0, 0.1) is 0 Å². The number of aromatic nitrogens is 1. The molecule has 0 aliphatic carbocycles. The molecule has 0 aliphatic rings. The van der Waals surface area contributed by atoms with Gasteiger partial charge in [0.25, 0.3) is 0 Å². The minimum Gasteiger partial charge on any atom is -0.497 e. The highest BCUT2D eigenvalue weighted by atomic mass is 32.2. The highest BCUT2D eigenvalue weighted by molar-refractivity contribution is 8.00. The molecule has 0 saturated heterocycles. The Labute approximate surface area is 134 Å². The van der Waals surface area contributed by atoms with Gasteiger partial charge in [-0.2, -0.15) is 0 Å². The predicted octanol–water partition coefficient (Wildman–Crippen LogP) is 3.22. The summed E-state index contributed by atoms with van der Waals surface area (Å²) in [4.78, 5) is 17.4. The Bertz CT molecular complexity index is 632. The van der Waals surface area contributed by atoms with Crippen molar-refractivity contribution < 1.29 is 14.3 Å². The number of thioether (sulfide) groups is 1. The zero-order valence-corrected chi connectivity index (χ0v) is 13.5. The topological polar surface area (TPSA) is 60.5 Å². The molecule has 1 heterocycles. The Balaban J connectivity index is 1.99. The van der Waals surface area contributed by atoms with E-state index in [1.165, 1.54) is 11.8 Å². The largest absolute Gasteiger partial charge is 0.497 e. The van der Waals surface area contributed by atoms with Gasteiger partial charge in [0.05, 0.1) is 19.5 Å². The maximum atomic E-state index is 12.3. The molecule has 5 nitrogen and oxygen atoms in total. The second-order valence-electron chi connectivity index (χ2n) is 4.48. The molecule has 2 aromatic rings. The number of nitrogens with zero attached hydrogens (tertiary/aromatic N) is 1. The lowest BCUT2D eigenvalue weighted by Crippen LogP contribution is -2.23. The van der Waals surface area contributed by atoms with Crippen molar-refractivity contribution in [1.82, 2.24) is 4.98 Å². The van der Waals surface area contributed by atoms with Gasteiger partial charge >= 0.3 is 0 Å². The van der Waals surface area contributed by atoms with E-state index < -0.39 is 0 Å². The molecule has 2 rings (SSSR count). The summed E-state index contributed by atoms with van der Waals surface area (Å²) in [6.07, 6.45) is 1.61. The van der Waals surface area contributed by atoms with Crippen LogP contribution in [0.2, 0.25) is 0 Å². The number of carbonyl (C=O) groups is 1. The van der Waals surface area contributed by atoms with Crippen LogP contribution in [-0.4, -0.2) is 30.4 Å². The van der Waals surface area contributed by atoms with Crippen LogP contribution in [0.25, 0.3) is 0 Å². The Morgan fingerprint density at radius 1 is 1.18 bits per heavy atom. The van der Waals surface area contributed by atoms with E-state index in [-0.39, 0.29) is 11.2 Å². The molecule has 1 aromatic carbocycles. The summed E-state index contributed by atoms with van der Waals surface area (Å²) in [6.45, 7) is 1.85. The summed E-state index contributed by atoms with van der Waals surface area (Å²) in [5.41, 5.74) is 0. The molecule has 0 bridgehead atoms. The average molecular weight is 318 g/mol. The number of amides is 1. The zero-order chi connectivity index (χ0) is 15.9. The third-order valence-electron chi connectivity index (χ3n) is 2.97. The van der Waals surface area contributed by atoms with Crippen LogP contribution in [0.15, 0.2) is 47.5 Å². The quantitative estimate of drug-likeness (QED) is 0.829. The van der Waals surface area contributed by atoms with E-state index in [1.807, 2.05) is 31.2 Å². The van der Waals surface area contributed by atoms with Crippen molar-refractivity contribution in [3.8, 4) is 11.5 Å². The van der Waals surface area contributed by atoms with Crippen molar-refractivity contribution in [2.45, 2.75) is 17.1 Å². The first-order chi connectivity index (χ1) is 10.6. The van der Waals surface area contributed by atoms with E-state index in [9.17, 15) is 4.79 Å². The van der Waals surface area contributed by atoms with E-state index in [2.05, 4.69) is 10.3 Å². The van der Waals surface area contributed by atoms with Crippen LogP contribution in [0.1, 0.15) is 6.92 Å². The molecular formula is C16H18N2O3S. The van der Waals surface area contributed by atoms with Crippen molar-refractivity contribution >= 4 is 23.5 Å². The van der Waals surface area contributed by atoms with E-state index in [1.54, 1.807) is 32.5 Å². The minimum absolute atomic E-state index is 0.127. The molecule has 22 heavy (non-hydrogen) atoms. The molecule has 6 heteroatoms. The van der Waals surface area contributed by atoms with Gasteiger partial charge in [0.1, 0.15) is 5.75 Å². The molecule has 1 atom stereocenters. The molecule has 0 saturated carbocycles. The second-order valence-corrected chi connectivity index (χ2v) is 5.89. The Morgan fingerprint density at radius 2 is 1.91 bits per heavy atom. The van der Waals surface area contributed by atoms with Crippen molar-refractivity contribution in [3.63, 3.8) is 0 Å². The van der Waals surface area contributed by atoms with Gasteiger partial charge in [-0.3, -0.25) is 4.79 Å². The molecule has 0 spiro atoms. The maximum absolute atomic E-state index is 12.3. The molecule has 0 unspecified atom stereocenters. The predicted molar refractivity (Wildman–Crippen MR) is 87.7 cm³/mol. The van der Waals surface area contributed by atoms with Gasteiger partial charge in [0.15, 0.2) is 11.6 Å². The molecule has 1 aromatic heterocycles. The molecule has 0 fully saturated rings. The number of rotatable bonds is 6. The third-order valence-corrected chi connectivity index (χ3v) is 4.09. The first kappa shape index (κ1) is 16.2. The van der Waals surface area contributed by atoms with Gasteiger partial charge in [-0.05, 0) is 43.3 Å². The van der Waals surface area contributed by atoms with E-state index >= 15 is 0 Å². The molecule has 0 radical (unpaired) electrons. The Hall–Kier alpha value is -2.21. The minimum atomic E-state index is -0.264. The summed E-state index contributed by atoms with van der Waals surface area (Å²) in [6, 6.07) is 11.1. The summed E-state index contributed by atoms with van der Waals surface area (Å²) in [5, 5.41) is 2.52. The SMILES string of the molecule is COc1ccc(S[C@H](C)C(=O)Nc2ncccc2OC)cc1. The normalized spacial score (nSPS) is 11.6. The number of hydrogen-bond donors (Lipinski definition) is 1. The number of carbonyl (C=O) groups excluding carboxylic acids is 1. The van der Waals surface area contributed by atoms with Crippen molar-refractivity contribution in [2.75, 3.05) is 19.5 Å². The van der Waals surface area contributed by atoms with Crippen LogP contribution in [-0.2, 0) is 4.79 Å². The lowest BCUT2D eigenvalue weighted by molar-refractivity contribution is -0.115. The summed E-state index contributed by atoms with van der Waals surface area (Å²) >= 11 is 1.47. The summed E-state index contributed by atoms with van der Waals surface area (Å²) in [7, 11) is 3.17. The number of nitrogens with one attached hydrogen (secondary N) is 1. The van der Waals surface area contributed by atoms with Crippen molar-refractivity contribution in [3.05, 3.63) is 42.6 Å². The van der Waals surface area contributed by atoms with Gasteiger partial charge in [-0.25, -0.2) is 4.98 Å². The highest BCUT2D eigenvalue weighted by Gasteiger charge is 2.16. The van der Waals surface area contributed by atoms with Crippen LogP contribution in [0.3, 0.4) is 0 Å². The fraction of sp³-hybridized carbons (Fsp3) is 0.250. The number of ether oxygens (including phenoxy) is 2. The fourth-order valence-electron chi connectivity index (χ4n) is 1.78. The molecule has 0 aliphatic heterocycles. The Kier molecular flexibility index (Phi) is 5.66. The smallest absolute Gasteiger partial charge is 0.238 e. The monoisotopic (exact) mass is 318 g/mol. The Morgan fingerprint density at radius 3 is 2.55 bits per heavy atom. The van der Waals surface area contributed by atoms with Crippen molar-refractivity contribution in [1.29, 1.82) is 0 Å². The molecular weight excluding hydrogens is 300 g/mol. The maximum Gasteiger partial charge on any atom is 0.238 e. The number of benzene rings is 1. The molecule has 116 valence electrons. The standard InChI is InChI=1S/C16H18N2O3S/c1-11(22-13-8-6-12(20-2)7-9-13)16(19)18-15-14(21-3)5-4-10-17-15/h4-11H,1-3H3,(H,17,18,19)/t11-/m1/s1. The van der Waals surface area contributed by atoms with Crippen LogP contribution in [0.4, 0.5) is 5.82 Å². The summed E-state index contributed by atoms with van der Waals surface area (Å²) < 4.78 is 10.3. The van der Waals surface area contributed by atoms with Crippen LogP contribution in [0.5, 0.6) is 11.5 Å². The fourth-order valence-corrected chi connectivity index (χ4v) is 2.65. The van der Waals surface area contributed by atoms with Crippen LogP contribution < -0.4 is 14.8 Å². The first-order valence-electron chi connectivity index (χ1n) is 6.74. The number of anilines is 1. The third kappa shape index (κ3) is 4.14. The zero-order valence-electron chi connectivity index (χ0n) is 12.7. The number of methoxy groups -OCH3 is 2. The van der Waals surface area contributed by atoms with Gasteiger partial charge in [-0.1, -0.05) is 0 Å². The molecule has 1 amide bonds. The lowest BCUT2D eigenvalue weighted by atomic mass is 10.3. The number of hydrogen-bond acceptors (Lipinski definition) is 5. The number of pyridine rings is 1.